The molecule has 3 heterocycles. The van der Waals surface area contributed by atoms with Crippen molar-refractivity contribution in [2.45, 2.75) is 40.2 Å². The zero-order chi connectivity index (χ0) is 23.1. The topological polar surface area (TPSA) is 39.9 Å². The molecule has 0 aliphatic rings. The molecule has 0 aliphatic heterocycles. The molecule has 0 aliphatic carbocycles. The van der Waals surface area contributed by atoms with Crippen LogP contribution in [0.3, 0.4) is 0 Å². The molecule has 4 heteroatoms. The van der Waals surface area contributed by atoms with Crippen molar-refractivity contribution < 1.29 is 4.74 Å². The van der Waals surface area contributed by atoms with Gasteiger partial charge in [-0.25, -0.2) is 4.98 Å². The Bertz CT molecular complexity index is 1480. The number of hydrogen-bond donors (Lipinski definition) is 0. The molecule has 3 aromatic heterocycles. The standard InChI is InChI=1S/C29H29N3O/c1-18(2)25-13-12-24(29(31-25)33-5)26-19(3)15-30-27-20(4)16-32(28(26)27)17-21-10-11-22-8-6-7-9-23(22)14-21/h6-16,18H,17H2,1-5H3. The second kappa shape index (κ2) is 8.36. The molecule has 0 atom stereocenters. The molecule has 0 unspecified atom stereocenters. The first-order valence-corrected chi connectivity index (χ1v) is 11.4. The van der Waals surface area contributed by atoms with Gasteiger partial charge in [-0.05, 0) is 65.4 Å². The number of hydrogen-bond acceptors (Lipinski definition) is 3. The van der Waals surface area contributed by atoms with Crippen molar-refractivity contribution in [3.63, 3.8) is 0 Å². The zero-order valence-corrected chi connectivity index (χ0v) is 19.9. The maximum Gasteiger partial charge on any atom is 0.221 e. The van der Waals surface area contributed by atoms with Crippen molar-refractivity contribution in [1.29, 1.82) is 0 Å². The first kappa shape index (κ1) is 21.2. The molecule has 0 saturated heterocycles. The Morgan fingerprint density at radius 2 is 1.73 bits per heavy atom. The molecule has 0 radical (unpaired) electrons. The van der Waals surface area contributed by atoms with Crippen LogP contribution in [0.15, 0.2) is 67.0 Å². The van der Waals surface area contributed by atoms with Gasteiger partial charge >= 0.3 is 0 Å². The number of rotatable bonds is 5. The van der Waals surface area contributed by atoms with Crippen molar-refractivity contribution in [2.24, 2.45) is 0 Å². The number of methoxy groups -OCH3 is 1. The number of aromatic nitrogens is 3. The van der Waals surface area contributed by atoms with Crippen molar-refractivity contribution in [1.82, 2.24) is 14.5 Å². The fourth-order valence-corrected chi connectivity index (χ4v) is 4.64. The van der Waals surface area contributed by atoms with Gasteiger partial charge in [0.1, 0.15) is 0 Å². The Morgan fingerprint density at radius 3 is 2.48 bits per heavy atom. The van der Waals surface area contributed by atoms with Crippen LogP contribution in [0, 0.1) is 13.8 Å². The summed E-state index contributed by atoms with van der Waals surface area (Å²) in [6.45, 7) is 9.31. The van der Waals surface area contributed by atoms with Gasteiger partial charge in [-0.1, -0.05) is 50.2 Å². The van der Waals surface area contributed by atoms with Crippen LogP contribution in [0.1, 0.15) is 42.1 Å². The number of pyridine rings is 2. The van der Waals surface area contributed by atoms with E-state index in [1.807, 2.05) is 6.20 Å². The van der Waals surface area contributed by atoms with Crippen molar-refractivity contribution in [2.75, 3.05) is 7.11 Å². The summed E-state index contributed by atoms with van der Waals surface area (Å²) in [7, 11) is 1.70. The molecule has 5 rings (SSSR count). The molecule has 166 valence electrons. The summed E-state index contributed by atoms with van der Waals surface area (Å²) < 4.78 is 8.09. The fraction of sp³-hybridized carbons (Fsp3) is 0.241. The third-order valence-corrected chi connectivity index (χ3v) is 6.36. The molecule has 0 bridgehead atoms. The van der Waals surface area contributed by atoms with E-state index in [4.69, 9.17) is 14.7 Å². The second-order valence-corrected chi connectivity index (χ2v) is 9.08. The molecule has 0 N–H and O–H groups in total. The van der Waals surface area contributed by atoms with E-state index >= 15 is 0 Å². The molecule has 0 saturated carbocycles. The number of aryl methyl sites for hydroxylation is 2. The maximum absolute atomic E-state index is 5.77. The van der Waals surface area contributed by atoms with E-state index in [1.54, 1.807) is 7.11 Å². The average molecular weight is 436 g/mol. The normalized spacial score (nSPS) is 11.6. The summed E-state index contributed by atoms with van der Waals surface area (Å²) in [6.07, 6.45) is 4.17. The van der Waals surface area contributed by atoms with E-state index in [9.17, 15) is 0 Å². The molecule has 0 amide bonds. The van der Waals surface area contributed by atoms with Gasteiger partial charge in [0, 0.05) is 35.8 Å². The number of ether oxygens (including phenoxy) is 1. The molecule has 4 nitrogen and oxygen atoms in total. The van der Waals surface area contributed by atoms with Crippen LogP contribution >= 0.6 is 0 Å². The third-order valence-electron chi connectivity index (χ3n) is 6.36. The Hall–Kier alpha value is -3.66. The number of nitrogens with zero attached hydrogens (tertiary/aromatic N) is 3. The Morgan fingerprint density at radius 1 is 0.939 bits per heavy atom. The van der Waals surface area contributed by atoms with Crippen LogP contribution in [-0.4, -0.2) is 21.6 Å². The van der Waals surface area contributed by atoms with Crippen LogP contribution in [0.25, 0.3) is 32.9 Å². The van der Waals surface area contributed by atoms with Gasteiger partial charge < -0.3 is 9.30 Å². The summed E-state index contributed by atoms with van der Waals surface area (Å²) in [6, 6.07) is 19.4. The Labute approximate surface area is 194 Å². The minimum atomic E-state index is 0.338. The average Bonchev–Trinajstić information content (AvgIpc) is 3.13. The Kier molecular flexibility index (Phi) is 5.37. The molecular weight excluding hydrogens is 406 g/mol. The van der Waals surface area contributed by atoms with Gasteiger partial charge in [-0.3, -0.25) is 4.98 Å². The van der Waals surface area contributed by atoms with Crippen LogP contribution in [0.2, 0.25) is 0 Å². The fourth-order valence-electron chi connectivity index (χ4n) is 4.64. The number of benzene rings is 2. The zero-order valence-electron chi connectivity index (χ0n) is 19.9. The van der Waals surface area contributed by atoms with E-state index in [0.29, 0.717) is 11.8 Å². The van der Waals surface area contributed by atoms with E-state index < -0.39 is 0 Å². The first-order valence-electron chi connectivity index (χ1n) is 11.4. The van der Waals surface area contributed by atoms with Gasteiger partial charge in [-0.2, -0.15) is 0 Å². The van der Waals surface area contributed by atoms with Gasteiger partial charge in [0.15, 0.2) is 0 Å². The second-order valence-electron chi connectivity index (χ2n) is 9.08. The summed E-state index contributed by atoms with van der Waals surface area (Å²) in [5.41, 5.74) is 8.85. The predicted molar refractivity (Wildman–Crippen MR) is 136 cm³/mol. The minimum Gasteiger partial charge on any atom is -0.481 e. The molecule has 0 spiro atoms. The van der Waals surface area contributed by atoms with E-state index in [1.165, 1.54) is 16.3 Å². The quantitative estimate of drug-likeness (QED) is 0.297. The third kappa shape index (κ3) is 3.76. The summed E-state index contributed by atoms with van der Waals surface area (Å²) >= 11 is 0. The van der Waals surface area contributed by atoms with E-state index in [-0.39, 0.29) is 0 Å². The van der Waals surface area contributed by atoms with E-state index in [2.05, 4.69) is 93.1 Å². The number of fused-ring (bicyclic) bond motifs is 2. The van der Waals surface area contributed by atoms with Gasteiger partial charge in [0.2, 0.25) is 5.88 Å². The summed E-state index contributed by atoms with van der Waals surface area (Å²) in [5, 5.41) is 2.52. The van der Waals surface area contributed by atoms with Gasteiger partial charge in [0.25, 0.3) is 0 Å². The van der Waals surface area contributed by atoms with Crippen LogP contribution in [0.5, 0.6) is 5.88 Å². The van der Waals surface area contributed by atoms with Crippen LogP contribution in [-0.2, 0) is 6.54 Å². The predicted octanol–water partition coefficient (Wildman–Crippen LogP) is 7.05. The lowest BCUT2D eigenvalue weighted by atomic mass is 9.99. The maximum atomic E-state index is 5.77. The lowest BCUT2D eigenvalue weighted by Crippen LogP contribution is -2.03. The monoisotopic (exact) mass is 435 g/mol. The highest BCUT2D eigenvalue weighted by atomic mass is 16.5. The largest absolute Gasteiger partial charge is 0.481 e. The molecular formula is C29H29N3O. The Balaban J connectivity index is 1.70. The highest BCUT2D eigenvalue weighted by Crippen LogP contribution is 2.38. The van der Waals surface area contributed by atoms with Crippen LogP contribution < -0.4 is 4.74 Å². The highest BCUT2D eigenvalue weighted by molar-refractivity contribution is 5.97. The molecule has 33 heavy (non-hydrogen) atoms. The molecule has 0 fully saturated rings. The highest BCUT2D eigenvalue weighted by Gasteiger charge is 2.20. The van der Waals surface area contributed by atoms with Crippen molar-refractivity contribution >= 4 is 21.8 Å². The van der Waals surface area contributed by atoms with Gasteiger partial charge in [0.05, 0.1) is 18.1 Å². The smallest absolute Gasteiger partial charge is 0.221 e. The SMILES string of the molecule is COc1nc(C(C)C)ccc1-c1c(C)cnc2c(C)cn(Cc3ccc4ccccc4c3)c12. The summed E-state index contributed by atoms with van der Waals surface area (Å²) in [5.74, 6) is 0.999. The lowest BCUT2D eigenvalue weighted by molar-refractivity contribution is 0.397. The first-order chi connectivity index (χ1) is 16.0. The minimum absolute atomic E-state index is 0.338. The summed E-state index contributed by atoms with van der Waals surface area (Å²) in [4.78, 5) is 9.62. The van der Waals surface area contributed by atoms with E-state index in [0.717, 1.165) is 45.5 Å². The van der Waals surface area contributed by atoms with Gasteiger partial charge in [-0.15, -0.1) is 0 Å². The molecule has 5 aromatic rings. The molecule has 2 aromatic carbocycles. The lowest BCUT2D eigenvalue weighted by Gasteiger charge is -2.16. The van der Waals surface area contributed by atoms with Crippen molar-refractivity contribution in [3.05, 3.63) is 89.4 Å². The van der Waals surface area contributed by atoms with Crippen LogP contribution in [0.4, 0.5) is 0 Å². The van der Waals surface area contributed by atoms with Crippen molar-refractivity contribution in [3.8, 4) is 17.0 Å².